The molecule has 0 N–H and O–H groups in total. The van der Waals surface area contributed by atoms with Crippen LogP contribution in [-0.4, -0.2) is 29.8 Å². The third kappa shape index (κ3) is 3.43. The molecule has 3 aromatic heterocycles. The lowest BCUT2D eigenvalue weighted by Crippen LogP contribution is -2.07. The van der Waals surface area contributed by atoms with E-state index in [4.69, 9.17) is 4.98 Å². The number of pyridine rings is 1. The lowest BCUT2D eigenvalue weighted by molar-refractivity contribution is -0.141. The molecule has 0 unspecified atom stereocenters. The molecule has 0 aliphatic heterocycles. The van der Waals surface area contributed by atoms with E-state index in [1.807, 2.05) is 17.7 Å². The second-order valence-electron chi connectivity index (χ2n) is 6.86. The third-order valence-electron chi connectivity index (χ3n) is 4.77. The minimum atomic E-state index is -4.50. The highest BCUT2D eigenvalue weighted by molar-refractivity contribution is 7.99. The minimum absolute atomic E-state index is 0.257. The van der Waals surface area contributed by atoms with Gasteiger partial charge in [0.15, 0.2) is 5.82 Å². The Morgan fingerprint density at radius 1 is 1.21 bits per heavy atom. The van der Waals surface area contributed by atoms with Crippen LogP contribution in [0.15, 0.2) is 23.4 Å². The Labute approximate surface area is 164 Å². The first-order valence-corrected chi connectivity index (χ1v) is 10.1. The average Bonchev–Trinajstić information content (AvgIpc) is 3.35. The predicted molar refractivity (Wildman–Crippen MR) is 104 cm³/mol. The van der Waals surface area contributed by atoms with Gasteiger partial charge in [0.2, 0.25) is 0 Å². The fourth-order valence-electron chi connectivity index (χ4n) is 3.06. The van der Waals surface area contributed by atoms with Crippen LogP contribution in [0, 0.1) is 5.92 Å². The van der Waals surface area contributed by atoms with Crippen LogP contribution in [0.2, 0.25) is 0 Å². The standard InChI is InChI=1S/C19H20F3N5S/c1-4-28-18-16(25-15(27(18)3)8-7-11-5-6-11)17-24-12-9-14(19(20,21)22)23-10-13(12)26(17)2/h7-11H,4-6H2,1-3H3/b8-7+. The molecule has 5 nitrogen and oxygen atoms in total. The summed E-state index contributed by atoms with van der Waals surface area (Å²) >= 11 is 1.64. The molecular formula is C19H20F3N5S. The zero-order valence-electron chi connectivity index (χ0n) is 15.8. The molecule has 1 saturated carbocycles. The fraction of sp³-hybridized carbons (Fsp3) is 0.421. The molecular weight excluding hydrogens is 387 g/mol. The fourth-order valence-corrected chi connectivity index (χ4v) is 3.90. The van der Waals surface area contributed by atoms with Crippen LogP contribution < -0.4 is 0 Å². The van der Waals surface area contributed by atoms with Gasteiger partial charge in [-0.3, -0.25) is 0 Å². The summed E-state index contributed by atoms with van der Waals surface area (Å²) in [6, 6.07) is 0.988. The zero-order valence-corrected chi connectivity index (χ0v) is 16.6. The van der Waals surface area contributed by atoms with Gasteiger partial charge in [0.25, 0.3) is 0 Å². The van der Waals surface area contributed by atoms with Gasteiger partial charge >= 0.3 is 6.18 Å². The normalized spacial score (nSPS) is 15.2. The smallest absolute Gasteiger partial charge is 0.324 e. The minimum Gasteiger partial charge on any atom is -0.324 e. The molecule has 0 aromatic carbocycles. The lowest BCUT2D eigenvalue weighted by atomic mass is 10.3. The summed E-state index contributed by atoms with van der Waals surface area (Å²) in [5.41, 5.74) is 0.531. The zero-order chi connectivity index (χ0) is 20.1. The van der Waals surface area contributed by atoms with E-state index in [0.717, 1.165) is 22.7 Å². The van der Waals surface area contributed by atoms with Crippen molar-refractivity contribution in [1.29, 1.82) is 0 Å². The van der Waals surface area contributed by atoms with Crippen LogP contribution in [0.25, 0.3) is 28.6 Å². The summed E-state index contributed by atoms with van der Waals surface area (Å²) in [5, 5.41) is 0.945. The monoisotopic (exact) mass is 407 g/mol. The number of allylic oxidation sites excluding steroid dienone is 1. The van der Waals surface area contributed by atoms with Crippen molar-refractivity contribution in [3.05, 3.63) is 29.9 Å². The van der Waals surface area contributed by atoms with Crippen LogP contribution in [0.5, 0.6) is 0 Å². The first-order valence-electron chi connectivity index (χ1n) is 9.07. The Morgan fingerprint density at radius 2 is 1.96 bits per heavy atom. The molecule has 3 aromatic rings. The summed E-state index contributed by atoms with van der Waals surface area (Å²) < 4.78 is 42.8. The topological polar surface area (TPSA) is 48.5 Å². The Hall–Kier alpha value is -2.29. The molecule has 28 heavy (non-hydrogen) atoms. The molecule has 0 bridgehead atoms. The summed E-state index contributed by atoms with van der Waals surface area (Å²) in [6.45, 7) is 2.05. The van der Waals surface area contributed by atoms with Crippen molar-refractivity contribution in [2.45, 2.75) is 31.0 Å². The molecule has 0 saturated heterocycles. The highest BCUT2D eigenvalue weighted by Gasteiger charge is 2.33. The van der Waals surface area contributed by atoms with Gasteiger partial charge in [0, 0.05) is 14.1 Å². The van der Waals surface area contributed by atoms with Crippen molar-refractivity contribution in [2.75, 3.05) is 5.75 Å². The van der Waals surface area contributed by atoms with Gasteiger partial charge in [-0.05, 0) is 36.7 Å². The van der Waals surface area contributed by atoms with Crippen molar-refractivity contribution < 1.29 is 13.2 Å². The lowest BCUT2D eigenvalue weighted by Gasteiger charge is -2.05. The van der Waals surface area contributed by atoms with E-state index in [9.17, 15) is 13.2 Å². The number of thioether (sulfide) groups is 1. The third-order valence-corrected chi connectivity index (χ3v) is 5.80. The second kappa shape index (κ2) is 6.95. The van der Waals surface area contributed by atoms with Gasteiger partial charge in [0.05, 0.1) is 17.2 Å². The number of hydrogen-bond acceptors (Lipinski definition) is 4. The molecule has 0 amide bonds. The molecule has 1 aliphatic carbocycles. The SMILES string of the molecule is CCSc1c(-c2nc3cc(C(F)(F)F)ncc3n2C)nc(/C=C/C2CC2)n1C. The van der Waals surface area contributed by atoms with Crippen LogP contribution in [0.3, 0.4) is 0 Å². The van der Waals surface area contributed by atoms with Crippen molar-refractivity contribution in [3.63, 3.8) is 0 Å². The molecule has 3 heterocycles. The first kappa shape index (κ1) is 19.0. The summed E-state index contributed by atoms with van der Waals surface area (Å²) in [4.78, 5) is 12.8. The van der Waals surface area contributed by atoms with Gasteiger partial charge in [-0.2, -0.15) is 13.2 Å². The molecule has 1 fully saturated rings. The average molecular weight is 407 g/mol. The number of hydrogen-bond donors (Lipinski definition) is 0. The van der Waals surface area contributed by atoms with E-state index in [0.29, 0.717) is 23.0 Å². The van der Waals surface area contributed by atoms with E-state index in [-0.39, 0.29) is 5.52 Å². The van der Waals surface area contributed by atoms with E-state index in [1.54, 1.807) is 23.4 Å². The van der Waals surface area contributed by atoms with Crippen LogP contribution in [0.4, 0.5) is 13.2 Å². The predicted octanol–water partition coefficient (Wildman–Crippen LogP) is 4.92. The Morgan fingerprint density at radius 3 is 2.61 bits per heavy atom. The molecule has 9 heteroatoms. The molecule has 0 spiro atoms. The van der Waals surface area contributed by atoms with Crippen molar-refractivity contribution in [2.24, 2.45) is 20.0 Å². The molecule has 148 valence electrons. The van der Waals surface area contributed by atoms with E-state index in [1.165, 1.54) is 19.0 Å². The van der Waals surface area contributed by atoms with Crippen LogP contribution >= 0.6 is 11.8 Å². The second-order valence-corrected chi connectivity index (χ2v) is 8.12. The molecule has 0 atom stereocenters. The first-order chi connectivity index (χ1) is 13.3. The number of aryl methyl sites for hydroxylation is 1. The Bertz CT molecular complexity index is 1060. The van der Waals surface area contributed by atoms with Crippen LogP contribution in [0.1, 0.15) is 31.3 Å². The Balaban J connectivity index is 1.84. The van der Waals surface area contributed by atoms with Gasteiger partial charge in [-0.1, -0.05) is 13.0 Å². The van der Waals surface area contributed by atoms with Gasteiger partial charge < -0.3 is 9.13 Å². The number of imidazole rings is 2. The van der Waals surface area contributed by atoms with E-state index in [2.05, 4.69) is 23.0 Å². The summed E-state index contributed by atoms with van der Waals surface area (Å²) in [7, 11) is 3.72. The Kier molecular flexibility index (Phi) is 4.73. The maximum Gasteiger partial charge on any atom is 0.433 e. The summed E-state index contributed by atoms with van der Waals surface area (Å²) in [5.74, 6) is 2.83. The maximum atomic E-state index is 13.0. The highest BCUT2D eigenvalue weighted by Crippen LogP contribution is 2.35. The van der Waals surface area contributed by atoms with Crippen molar-refractivity contribution in [1.82, 2.24) is 24.1 Å². The summed E-state index contributed by atoms with van der Waals surface area (Å²) in [6.07, 6.45) is 3.33. The van der Waals surface area contributed by atoms with E-state index >= 15 is 0 Å². The number of alkyl halides is 3. The quantitative estimate of drug-likeness (QED) is 0.563. The molecule has 1 aliphatic rings. The van der Waals surface area contributed by atoms with Gasteiger partial charge in [-0.25, -0.2) is 15.0 Å². The van der Waals surface area contributed by atoms with Gasteiger partial charge in [-0.15, -0.1) is 11.8 Å². The largest absolute Gasteiger partial charge is 0.433 e. The van der Waals surface area contributed by atoms with Crippen molar-refractivity contribution >= 4 is 28.9 Å². The molecule has 0 radical (unpaired) electrons. The highest BCUT2D eigenvalue weighted by atomic mass is 32.2. The van der Waals surface area contributed by atoms with Crippen molar-refractivity contribution in [3.8, 4) is 11.5 Å². The molecule has 4 rings (SSSR count). The maximum absolute atomic E-state index is 13.0. The number of nitrogens with zero attached hydrogens (tertiary/aromatic N) is 5. The number of rotatable bonds is 5. The van der Waals surface area contributed by atoms with Crippen LogP contribution in [-0.2, 0) is 20.3 Å². The number of aromatic nitrogens is 5. The number of halogens is 3. The van der Waals surface area contributed by atoms with Gasteiger partial charge in [0.1, 0.15) is 22.2 Å². The number of fused-ring (bicyclic) bond motifs is 1. The van der Waals surface area contributed by atoms with E-state index < -0.39 is 11.9 Å².